The van der Waals surface area contributed by atoms with Gasteiger partial charge in [-0.1, -0.05) is 6.92 Å². The lowest BCUT2D eigenvalue weighted by Gasteiger charge is -2.29. The third kappa shape index (κ3) is 2.51. The Labute approximate surface area is 115 Å². The van der Waals surface area contributed by atoms with E-state index >= 15 is 0 Å². The fraction of sp³-hybridized carbons (Fsp3) is 0.583. The van der Waals surface area contributed by atoms with Crippen molar-refractivity contribution in [2.45, 2.75) is 31.7 Å². The molecule has 0 unspecified atom stereocenters. The lowest BCUT2D eigenvalue weighted by molar-refractivity contribution is -0.141. The molecule has 3 rings (SSSR count). The molecule has 3 heterocycles. The quantitative estimate of drug-likeness (QED) is 0.799. The Morgan fingerprint density at radius 2 is 2.16 bits per heavy atom. The molecule has 0 radical (unpaired) electrons. The molecule has 1 N–H and O–H groups in total. The lowest BCUT2D eigenvalue weighted by Crippen LogP contribution is -2.41. The summed E-state index contributed by atoms with van der Waals surface area (Å²) >= 11 is 0. The first-order valence-electron chi connectivity index (χ1n) is 5.92. The number of halogens is 4. The predicted octanol–water partition coefficient (Wildman–Crippen LogP) is 2.95. The molecule has 7 heteroatoms. The molecule has 3 nitrogen and oxygen atoms in total. The number of nitrogens with one attached hydrogen (secondary N) is 1. The van der Waals surface area contributed by atoms with Gasteiger partial charge in [-0.25, -0.2) is 0 Å². The Balaban J connectivity index is 0.00000133. The highest BCUT2D eigenvalue weighted by atomic mass is 35.5. The number of nitrogens with zero attached hydrogens (tertiary/aromatic N) is 1. The van der Waals surface area contributed by atoms with Gasteiger partial charge in [0.2, 0.25) is 0 Å². The van der Waals surface area contributed by atoms with Crippen molar-refractivity contribution in [3.05, 3.63) is 23.5 Å². The van der Waals surface area contributed by atoms with Crippen LogP contribution in [0.25, 0.3) is 0 Å². The Bertz CT molecular complexity index is 481. The second kappa shape index (κ2) is 4.83. The number of alkyl halides is 3. The number of rotatable bonds is 0. The number of hydrogen-bond acceptors (Lipinski definition) is 3. The van der Waals surface area contributed by atoms with Crippen LogP contribution >= 0.6 is 12.4 Å². The van der Waals surface area contributed by atoms with Crippen LogP contribution in [0.5, 0.6) is 5.75 Å². The highest BCUT2D eigenvalue weighted by Crippen LogP contribution is 2.42. The van der Waals surface area contributed by atoms with Crippen LogP contribution in [0.3, 0.4) is 0 Å². The molecule has 1 saturated heterocycles. The van der Waals surface area contributed by atoms with Gasteiger partial charge in [-0.05, 0) is 18.9 Å². The maximum atomic E-state index is 12.6. The minimum absolute atomic E-state index is 0. The maximum Gasteiger partial charge on any atom is 0.433 e. The van der Waals surface area contributed by atoms with Gasteiger partial charge in [-0.3, -0.25) is 4.98 Å². The summed E-state index contributed by atoms with van der Waals surface area (Å²) < 4.78 is 43.3. The van der Waals surface area contributed by atoms with Gasteiger partial charge in [-0.15, -0.1) is 12.4 Å². The molecular weight excluding hydrogens is 281 g/mol. The zero-order chi connectivity index (χ0) is 12.9. The first-order chi connectivity index (χ1) is 8.45. The normalized spacial score (nSPS) is 28.9. The van der Waals surface area contributed by atoms with Crippen LogP contribution in [0.1, 0.15) is 30.6 Å². The van der Waals surface area contributed by atoms with Crippen molar-refractivity contribution < 1.29 is 17.9 Å². The molecule has 0 bridgehead atoms. The van der Waals surface area contributed by atoms with Crippen LogP contribution in [0.2, 0.25) is 0 Å². The summed E-state index contributed by atoms with van der Waals surface area (Å²) in [6.45, 7) is 2.94. The summed E-state index contributed by atoms with van der Waals surface area (Å²) in [6, 6.07) is 0.978. The Kier molecular flexibility index (Phi) is 3.66. The fourth-order valence-electron chi connectivity index (χ4n) is 2.60. The number of aromatic nitrogens is 1. The maximum absolute atomic E-state index is 12.6. The lowest BCUT2D eigenvalue weighted by atomic mass is 9.92. The van der Waals surface area contributed by atoms with Crippen molar-refractivity contribution in [3.63, 3.8) is 0 Å². The number of fused-ring (bicyclic) bond motifs is 3. The standard InChI is InChI=1S/C12H13F3N2O.ClH/c1-6-2-9-11(17-4-6)7-5-16-10(12(13,14)15)3-8(7)18-9;/h3,5-6,9,11,17H,2,4H2,1H3;1H/t6-,9+,11+;/m1./s1. The highest BCUT2D eigenvalue weighted by Gasteiger charge is 2.41. The van der Waals surface area contributed by atoms with Crippen molar-refractivity contribution in [2.75, 3.05) is 6.54 Å². The minimum Gasteiger partial charge on any atom is -0.488 e. The Morgan fingerprint density at radius 3 is 2.84 bits per heavy atom. The van der Waals surface area contributed by atoms with Crippen LogP contribution in [0, 0.1) is 5.92 Å². The molecule has 0 spiro atoms. The van der Waals surface area contributed by atoms with E-state index in [2.05, 4.69) is 17.2 Å². The minimum atomic E-state index is -4.42. The molecule has 0 aliphatic carbocycles. The van der Waals surface area contributed by atoms with E-state index in [1.807, 2.05) is 0 Å². The van der Waals surface area contributed by atoms with Gasteiger partial charge in [0.05, 0.1) is 6.04 Å². The second-order valence-electron chi connectivity index (χ2n) is 4.99. The molecule has 0 aromatic carbocycles. The van der Waals surface area contributed by atoms with E-state index in [1.54, 1.807) is 0 Å². The summed E-state index contributed by atoms with van der Waals surface area (Å²) in [4.78, 5) is 3.49. The first-order valence-corrected chi connectivity index (χ1v) is 5.92. The topological polar surface area (TPSA) is 34.2 Å². The van der Waals surface area contributed by atoms with Crippen LogP contribution in [0.4, 0.5) is 13.2 Å². The van der Waals surface area contributed by atoms with E-state index in [0.717, 1.165) is 24.6 Å². The number of pyridine rings is 1. The summed E-state index contributed by atoms with van der Waals surface area (Å²) in [5, 5.41) is 3.30. The van der Waals surface area contributed by atoms with Gasteiger partial charge in [0.15, 0.2) is 0 Å². The van der Waals surface area contributed by atoms with Gasteiger partial charge in [0.25, 0.3) is 0 Å². The summed E-state index contributed by atoms with van der Waals surface area (Å²) in [5.41, 5.74) is -0.159. The van der Waals surface area contributed by atoms with Gasteiger partial charge < -0.3 is 10.1 Å². The number of hydrogen-bond donors (Lipinski definition) is 1. The average Bonchev–Trinajstić information content (AvgIpc) is 2.63. The molecule has 1 aromatic heterocycles. The zero-order valence-corrected chi connectivity index (χ0v) is 11.0. The van der Waals surface area contributed by atoms with E-state index in [0.29, 0.717) is 11.7 Å². The monoisotopic (exact) mass is 294 g/mol. The molecule has 2 aliphatic rings. The van der Waals surface area contributed by atoms with Crippen molar-refractivity contribution in [1.82, 2.24) is 10.3 Å². The molecule has 1 fully saturated rings. The summed E-state index contributed by atoms with van der Waals surface area (Å²) in [5.74, 6) is 0.782. The van der Waals surface area contributed by atoms with Crippen molar-refractivity contribution in [1.29, 1.82) is 0 Å². The number of ether oxygens (including phenoxy) is 1. The smallest absolute Gasteiger partial charge is 0.433 e. The van der Waals surface area contributed by atoms with E-state index in [-0.39, 0.29) is 24.6 Å². The molecule has 1 aromatic rings. The zero-order valence-electron chi connectivity index (χ0n) is 10.2. The van der Waals surface area contributed by atoms with Gasteiger partial charge in [0, 0.05) is 17.8 Å². The van der Waals surface area contributed by atoms with Crippen molar-refractivity contribution >= 4 is 12.4 Å². The first kappa shape index (κ1) is 14.4. The molecule has 19 heavy (non-hydrogen) atoms. The van der Waals surface area contributed by atoms with E-state index in [1.165, 1.54) is 6.20 Å². The molecule has 106 valence electrons. The predicted molar refractivity (Wildman–Crippen MR) is 65.4 cm³/mol. The van der Waals surface area contributed by atoms with E-state index in [9.17, 15) is 13.2 Å². The van der Waals surface area contributed by atoms with Crippen molar-refractivity contribution in [2.24, 2.45) is 5.92 Å². The summed E-state index contributed by atoms with van der Waals surface area (Å²) in [7, 11) is 0. The SMILES string of the molecule is C[C@H]1CN[C@H]2c3cnc(C(F)(F)F)cc3O[C@H]2C1.Cl. The van der Waals surface area contributed by atoms with Gasteiger partial charge in [-0.2, -0.15) is 13.2 Å². The van der Waals surface area contributed by atoms with Crippen LogP contribution in [-0.4, -0.2) is 17.6 Å². The molecule has 0 saturated carbocycles. The Hall–Kier alpha value is -1.01. The largest absolute Gasteiger partial charge is 0.488 e. The van der Waals surface area contributed by atoms with Gasteiger partial charge >= 0.3 is 6.18 Å². The molecule has 0 amide bonds. The van der Waals surface area contributed by atoms with E-state index < -0.39 is 11.9 Å². The van der Waals surface area contributed by atoms with Crippen LogP contribution < -0.4 is 10.1 Å². The van der Waals surface area contributed by atoms with Crippen LogP contribution in [0.15, 0.2) is 12.3 Å². The second-order valence-corrected chi connectivity index (χ2v) is 4.99. The number of piperidine rings is 1. The third-order valence-electron chi connectivity index (χ3n) is 3.49. The molecule has 2 aliphatic heterocycles. The third-order valence-corrected chi connectivity index (χ3v) is 3.49. The summed E-state index contributed by atoms with van der Waals surface area (Å²) in [6.07, 6.45) is -2.36. The molecule has 3 atom stereocenters. The van der Waals surface area contributed by atoms with E-state index in [4.69, 9.17) is 4.74 Å². The van der Waals surface area contributed by atoms with Crippen molar-refractivity contribution in [3.8, 4) is 5.75 Å². The van der Waals surface area contributed by atoms with Crippen LogP contribution in [-0.2, 0) is 6.18 Å². The Morgan fingerprint density at radius 1 is 1.42 bits per heavy atom. The average molecular weight is 295 g/mol. The van der Waals surface area contributed by atoms with Gasteiger partial charge in [0.1, 0.15) is 17.5 Å². The molecular formula is C12H14ClF3N2O. The fourth-order valence-corrected chi connectivity index (χ4v) is 2.60. The highest BCUT2D eigenvalue weighted by molar-refractivity contribution is 5.85.